The zero-order valence-electron chi connectivity index (χ0n) is 8.52. The molecule has 0 aromatic heterocycles. The number of hydrogen-bond acceptors (Lipinski definition) is 3. The molecule has 0 saturated heterocycles. The average molecular weight is 219 g/mol. The summed E-state index contributed by atoms with van der Waals surface area (Å²) in [4.78, 5) is 20.6. The van der Waals surface area contributed by atoms with Crippen molar-refractivity contribution >= 4 is 15.5 Å². The Bertz CT molecular complexity index is 187. The first-order valence-electron chi connectivity index (χ1n) is 4.94. The minimum absolute atomic E-state index is 0.139. The topological polar surface area (TPSA) is 60.2 Å². The summed E-state index contributed by atoms with van der Waals surface area (Å²) in [7, 11) is 2.40. The molecule has 3 atom stereocenters. The summed E-state index contributed by atoms with van der Waals surface area (Å²) < 4.78 is 0. The lowest BCUT2D eigenvalue weighted by atomic mass is 9.99. The molecule has 1 unspecified atom stereocenters. The number of aldehydes is 1. The SMILES string of the molecule is CCCCC[C@H](C=O)[C@H](P)C[N+](=O)[O-]. The van der Waals surface area contributed by atoms with Gasteiger partial charge in [0.2, 0.25) is 6.54 Å². The van der Waals surface area contributed by atoms with Gasteiger partial charge in [-0.1, -0.05) is 26.2 Å². The van der Waals surface area contributed by atoms with E-state index in [-0.39, 0.29) is 23.0 Å². The smallest absolute Gasteiger partial charge is 0.210 e. The Kier molecular flexibility index (Phi) is 7.58. The molecule has 0 N–H and O–H groups in total. The zero-order chi connectivity index (χ0) is 11.0. The highest BCUT2D eigenvalue weighted by Crippen LogP contribution is 2.18. The van der Waals surface area contributed by atoms with E-state index in [2.05, 4.69) is 16.2 Å². The fourth-order valence-electron chi connectivity index (χ4n) is 1.32. The molecule has 4 nitrogen and oxygen atoms in total. The highest BCUT2D eigenvalue weighted by Gasteiger charge is 2.20. The summed E-state index contributed by atoms with van der Waals surface area (Å²) in [6, 6.07) is 0. The maximum Gasteiger partial charge on any atom is 0.210 e. The van der Waals surface area contributed by atoms with E-state index in [0.717, 1.165) is 32.0 Å². The van der Waals surface area contributed by atoms with Gasteiger partial charge in [0.25, 0.3) is 0 Å². The third-order valence-corrected chi connectivity index (χ3v) is 2.93. The van der Waals surface area contributed by atoms with Crippen LogP contribution < -0.4 is 0 Å². The van der Waals surface area contributed by atoms with Crippen molar-refractivity contribution in [3.05, 3.63) is 10.1 Å². The van der Waals surface area contributed by atoms with Crippen LogP contribution in [0.4, 0.5) is 0 Å². The summed E-state index contributed by atoms with van der Waals surface area (Å²) >= 11 is 0. The number of nitrogens with zero attached hydrogens (tertiary/aromatic N) is 1. The van der Waals surface area contributed by atoms with Crippen LogP contribution in [-0.4, -0.2) is 23.4 Å². The van der Waals surface area contributed by atoms with Crippen LogP contribution in [0.25, 0.3) is 0 Å². The second-order valence-electron chi connectivity index (χ2n) is 3.47. The molecule has 0 aliphatic heterocycles. The second-order valence-corrected chi connectivity index (χ2v) is 4.33. The summed E-state index contributed by atoms with van der Waals surface area (Å²) in [6.07, 6.45) is 4.77. The number of carbonyl (C=O) groups is 1. The van der Waals surface area contributed by atoms with Gasteiger partial charge in [-0.2, -0.15) is 0 Å². The Morgan fingerprint density at radius 1 is 1.50 bits per heavy atom. The largest absolute Gasteiger partial charge is 0.303 e. The molecule has 82 valence electrons. The van der Waals surface area contributed by atoms with E-state index in [4.69, 9.17) is 0 Å². The van der Waals surface area contributed by atoms with Crippen LogP contribution in [0.1, 0.15) is 32.6 Å². The molecule has 0 aromatic carbocycles. The van der Waals surface area contributed by atoms with E-state index in [9.17, 15) is 14.9 Å². The molecule has 0 rings (SSSR count). The van der Waals surface area contributed by atoms with Crippen molar-refractivity contribution in [2.75, 3.05) is 6.54 Å². The van der Waals surface area contributed by atoms with Crippen molar-refractivity contribution in [2.24, 2.45) is 5.92 Å². The first-order chi connectivity index (χ1) is 6.61. The molecular weight excluding hydrogens is 201 g/mol. The van der Waals surface area contributed by atoms with Crippen LogP contribution in [0.2, 0.25) is 0 Å². The normalized spacial score (nSPS) is 14.7. The average Bonchev–Trinajstić information content (AvgIpc) is 2.11. The zero-order valence-corrected chi connectivity index (χ0v) is 9.67. The second kappa shape index (κ2) is 7.86. The van der Waals surface area contributed by atoms with Crippen molar-refractivity contribution in [2.45, 2.75) is 38.3 Å². The molecule has 0 saturated carbocycles. The fraction of sp³-hybridized carbons (Fsp3) is 0.889. The predicted molar refractivity (Wildman–Crippen MR) is 59.1 cm³/mol. The van der Waals surface area contributed by atoms with Gasteiger partial charge in [0.15, 0.2) is 0 Å². The van der Waals surface area contributed by atoms with Gasteiger partial charge in [-0.15, -0.1) is 9.24 Å². The van der Waals surface area contributed by atoms with Gasteiger partial charge in [0.1, 0.15) is 6.29 Å². The Balaban J connectivity index is 3.86. The maximum atomic E-state index is 10.7. The quantitative estimate of drug-likeness (QED) is 0.206. The lowest BCUT2D eigenvalue weighted by Gasteiger charge is -2.14. The molecular formula is C9H18NO3P. The summed E-state index contributed by atoms with van der Waals surface area (Å²) in [5.74, 6) is -0.183. The first-order valence-corrected chi connectivity index (χ1v) is 5.61. The van der Waals surface area contributed by atoms with Gasteiger partial charge in [-0.05, 0) is 6.42 Å². The highest BCUT2D eigenvalue weighted by molar-refractivity contribution is 7.17. The van der Waals surface area contributed by atoms with E-state index in [0.29, 0.717) is 0 Å². The van der Waals surface area contributed by atoms with Gasteiger partial charge < -0.3 is 4.79 Å². The molecule has 0 aliphatic rings. The minimum Gasteiger partial charge on any atom is -0.303 e. The third-order valence-electron chi connectivity index (χ3n) is 2.23. The van der Waals surface area contributed by atoms with E-state index in [1.807, 2.05) is 0 Å². The van der Waals surface area contributed by atoms with Gasteiger partial charge in [0.05, 0.1) is 0 Å². The van der Waals surface area contributed by atoms with E-state index in [1.165, 1.54) is 0 Å². The van der Waals surface area contributed by atoms with E-state index < -0.39 is 0 Å². The lowest BCUT2D eigenvalue weighted by molar-refractivity contribution is -0.479. The van der Waals surface area contributed by atoms with Crippen molar-refractivity contribution in [1.29, 1.82) is 0 Å². The molecule has 14 heavy (non-hydrogen) atoms. The lowest BCUT2D eigenvalue weighted by Crippen LogP contribution is -2.24. The monoisotopic (exact) mass is 219 g/mol. The molecule has 0 aromatic rings. The Hall–Kier alpha value is -0.500. The van der Waals surface area contributed by atoms with Gasteiger partial charge in [-0.25, -0.2) is 0 Å². The number of nitro groups is 1. The van der Waals surface area contributed by atoms with Gasteiger partial charge in [-0.3, -0.25) is 10.1 Å². The van der Waals surface area contributed by atoms with E-state index in [1.54, 1.807) is 0 Å². The summed E-state index contributed by atoms with van der Waals surface area (Å²) in [6.45, 7) is 1.95. The molecule has 5 heteroatoms. The van der Waals surface area contributed by atoms with Gasteiger partial charge in [0, 0.05) is 16.5 Å². The maximum absolute atomic E-state index is 10.7. The molecule has 0 amide bonds. The standard InChI is InChI=1S/C9H18NO3P/c1-2-3-4-5-8(7-11)9(14)6-10(12)13/h7-9H,2-6,14H2,1H3/t8-,9-/m1/s1. The molecule has 0 spiro atoms. The minimum atomic E-state index is -0.367. The molecule has 0 aliphatic carbocycles. The van der Waals surface area contributed by atoms with Crippen LogP contribution in [-0.2, 0) is 4.79 Å². The number of hydrogen-bond donors (Lipinski definition) is 0. The summed E-state index contributed by atoms with van der Waals surface area (Å²) in [5.41, 5.74) is -0.223. The third kappa shape index (κ3) is 6.03. The van der Waals surface area contributed by atoms with Crippen LogP contribution in [0.15, 0.2) is 0 Å². The van der Waals surface area contributed by atoms with Crippen LogP contribution in [0, 0.1) is 16.0 Å². The van der Waals surface area contributed by atoms with Crippen LogP contribution in [0.5, 0.6) is 0 Å². The number of carbonyl (C=O) groups excluding carboxylic acids is 1. The Morgan fingerprint density at radius 2 is 2.14 bits per heavy atom. The number of unbranched alkanes of at least 4 members (excludes halogenated alkanes) is 2. The highest BCUT2D eigenvalue weighted by atomic mass is 31.0. The van der Waals surface area contributed by atoms with Crippen molar-refractivity contribution in [3.63, 3.8) is 0 Å². The molecule has 0 heterocycles. The predicted octanol–water partition coefficient (Wildman–Crippen LogP) is 1.90. The molecule has 0 radical (unpaired) electrons. The van der Waals surface area contributed by atoms with Crippen LogP contribution in [0.3, 0.4) is 0 Å². The first kappa shape index (κ1) is 13.5. The van der Waals surface area contributed by atoms with Crippen LogP contribution >= 0.6 is 9.24 Å². The van der Waals surface area contributed by atoms with Crippen molar-refractivity contribution in [3.8, 4) is 0 Å². The van der Waals surface area contributed by atoms with Crippen molar-refractivity contribution in [1.82, 2.24) is 0 Å². The molecule has 0 bridgehead atoms. The van der Waals surface area contributed by atoms with E-state index >= 15 is 0 Å². The van der Waals surface area contributed by atoms with Crippen molar-refractivity contribution < 1.29 is 9.72 Å². The Morgan fingerprint density at radius 3 is 2.57 bits per heavy atom. The number of rotatable bonds is 8. The Labute approximate surface area is 86.8 Å². The summed E-state index contributed by atoms with van der Waals surface area (Å²) in [5, 5.41) is 10.2. The molecule has 0 fully saturated rings. The fourth-order valence-corrected chi connectivity index (χ4v) is 1.78. The van der Waals surface area contributed by atoms with Gasteiger partial charge >= 0.3 is 0 Å².